The summed E-state index contributed by atoms with van der Waals surface area (Å²) in [5, 5.41) is 9.45. The first kappa shape index (κ1) is 15.6. The molecule has 0 heterocycles. The summed E-state index contributed by atoms with van der Waals surface area (Å²) >= 11 is 11.6. The fourth-order valence-corrected chi connectivity index (χ4v) is 3.95. The van der Waals surface area contributed by atoms with E-state index in [4.69, 9.17) is 28.3 Å². The number of rotatable bonds is 5. The highest BCUT2D eigenvalue weighted by molar-refractivity contribution is 7.89. The average molecular weight is 338 g/mol. The third-order valence-corrected chi connectivity index (χ3v) is 5.67. The van der Waals surface area contributed by atoms with Gasteiger partial charge >= 0.3 is 5.97 Å². The molecular formula is C12H13Cl2NO4S. The second-order valence-electron chi connectivity index (χ2n) is 4.84. The van der Waals surface area contributed by atoms with E-state index in [1.165, 1.54) is 18.2 Å². The van der Waals surface area contributed by atoms with Crippen LogP contribution in [0.1, 0.15) is 19.3 Å². The van der Waals surface area contributed by atoms with Crippen LogP contribution in [0.5, 0.6) is 0 Å². The molecule has 1 aromatic carbocycles. The first-order chi connectivity index (χ1) is 9.27. The highest BCUT2D eigenvalue weighted by Crippen LogP contribution is 2.41. The Bertz CT molecular complexity index is 641. The second kappa shape index (κ2) is 5.52. The van der Waals surface area contributed by atoms with Crippen LogP contribution >= 0.6 is 23.2 Å². The molecule has 0 aromatic heterocycles. The van der Waals surface area contributed by atoms with E-state index in [0.29, 0.717) is 12.8 Å². The van der Waals surface area contributed by atoms with Crippen molar-refractivity contribution in [3.05, 3.63) is 28.2 Å². The molecule has 0 amide bonds. The lowest BCUT2D eigenvalue weighted by Gasteiger charge is -2.37. The Balaban J connectivity index is 2.20. The minimum Gasteiger partial charge on any atom is -0.481 e. The van der Waals surface area contributed by atoms with E-state index in [1.54, 1.807) is 0 Å². The molecule has 20 heavy (non-hydrogen) atoms. The third-order valence-electron chi connectivity index (χ3n) is 3.55. The molecule has 0 aliphatic heterocycles. The number of carboxylic acids is 1. The highest BCUT2D eigenvalue weighted by Gasteiger charge is 2.45. The van der Waals surface area contributed by atoms with Gasteiger partial charge in [0, 0.05) is 11.6 Å². The van der Waals surface area contributed by atoms with Crippen molar-refractivity contribution in [3.8, 4) is 0 Å². The zero-order chi connectivity index (χ0) is 15.0. The number of benzene rings is 1. The minimum atomic E-state index is -3.89. The molecule has 0 unspecified atom stereocenters. The molecule has 2 N–H and O–H groups in total. The first-order valence-corrected chi connectivity index (χ1v) is 8.19. The molecule has 1 aliphatic rings. The molecule has 1 aromatic rings. The predicted octanol–water partition coefficient (Wildman–Crippen LogP) is 2.53. The number of carbonyl (C=O) groups is 1. The Labute approximate surface area is 126 Å². The van der Waals surface area contributed by atoms with Gasteiger partial charge in [0.2, 0.25) is 10.0 Å². The Hall–Kier alpha value is -0.820. The Morgan fingerprint density at radius 1 is 1.35 bits per heavy atom. The SMILES string of the molecule is O=C(O)C1(CNS(=O)(=O)c2cc(Cl)ccc2Cl)CCC1. The fraction of sp³-hybridized carbons (Fsp3) is 0.417. The quantitative estimate of drug-likeness (QED) is 0.864. The number of carboxylic acid groups (broad SMARTS) is 1. The van der Waals surface area contributed by atoms with Crippen molar-refractivity contribution < 1.29 is 18.3 Å². The minimum absolute atomic E-state index is 0.0416. The van der Waals surface area contributed by atoms with Crippen LogP contribution in [0, 0.1) is 5.41 Å². The monoisotopic (exact) mass is 337 g/mol. The van der Waals surface area contributed by atoms with Crippen LogP contribution in [0.4, 0.5) is 0 Å². The summed E-state index contributed by atoms with van der Waals surface area (Å²) in [6.45, 7) is -0.145. The summed E-state index contributed by atoms with van der Waals surface area (Å²) in [5.41, 5.74) is -1.00. The Morgan fingerprint density at radius 2 is 2.00 bits per heavy atom. The van der Waals surface area contributed by atoms with E-state index in [1.807, 2.05) is 0 Å². The van der Waals surface area contributed by atoms with Crippen LogP contribution < -0.4 is 4.72 Å². The number of hydrogen-bond acceptors (Lipinski definition) is 3. The zero-order valence-electron chi connectivity index (χ0n) is 10.4. The van der Waals surface area contributed by atoms with Crippen molar-refractivity contribution in [2.75, 3.05) is 6.54 Å². The smallest absolute Gasteiger partial charge is 0.310 e. The van der Waals surface area contributed by atoms with Crippen LogP contribution in [0.3, 0.4) is 0 Å². The Morgan fingerprint density at radius 3 is 2.50 bits per heavy atom. The summed E-state index contributed by atoms with van der Waals surface area (Å²) in [7, 11) is -3.89. The lowest BCUT2D eigenvalue weighted by molar-refractivity contribution is -0.153. The van der Waals surface area contributed by atoms with Crippen molar-refractivity contribution in [1.82, 2.24) is 4.72 Å². The molecule has 1 saturated carbocycles. The summed E-state index contributed by atoms with van der Waals surface area (Å²) in [6.07, 6.45) is 1.72. The molecule has 110 valence electrons. The third kappa shape index (κ3) is 2.93. The van der Waals surface area contributed by atoms with E-state index in [2.05, 4.69) is 4.72 Å². The number of nitrogens with one attached hydrogen (secondary N) is 1. The van der Waals surface area contributed by atoms with Crippen LogP contribution in [0.15, 0.2) is 23.1 Å². The van der Waals surface area contributed by atoms with Crippen LogP contribution in [-0.4, -0.2) is 26.0 Å². The van der Waals surface area contributed by atoms with E-state index in [9.17, 15) is 13.2 Å². The maximum absolute atomic E-state index is 12.2. The van der Waals surface area contributed by atoms with Gasteiger partial charge < -0.3 is 5.11 Å². The van der Waals surface area contributed by atoms with Gasteiger partial charge in [-0.2, -0.15) is 0 Å². The molecule has 8 heteroatoms. The fourth-order valence-electron chi connectivity index (χ4n) is 2.06. The number of hydrogen-bond donors (Lipinski definition) is 2. The van der Waals surface area contributed by atoms with Crippen LogP contribution in [-0.2, 0) is 14.8 Å². The highest BCUT2D eigenvalue weighted by atomic mass is 35.5. The molecule has 0 radical (unpaired) electrons. The van der Waals surface area contributed by atoms with Gasteiger partial charge in [-0.1, -0.05) is 29.6 Å². The van der Waals surface area contributed by atoms with Crippen molar-refractivity contribution in [2.24, 2.45) is 5.41 Å². The second-order valence-corrected chi connectivity index (χ2v) is 7.42. The molecule has 0 saturated heterocycles. The molecule has 2 rings (SSSR count). The zero-order valence-corrected chi connectivity index (χ0v) is 12.7. The van der Waals surface area contributed by atoms with Crippen molar-refractivity contribution in [2.45, 2.75) is 24.2 Å². The number of halogens is 2. The van der Waals surface area contributed by atoms with Crippen molar-refractivity contribution in [1.29, 1.82) is 0 Å². The maximum atomic E-state index is 12.2. The molecule has 1 fully saturated rings. The van der Waals surface area contributed by atoms with Gasteiger partial charge in [-0.05, 0) is 31.0 Å². The first-order valence-electron chi connectivity index (χ1n) is 5.95. The largest absolute Gasteiger partial charge is 0.481 e. The summed E-state index contributed by atoms with van der Waals surface area (Å²) < 4.78 is 26.7. The van der Waals surface area contributed by atoms with Gasteiger partial charge in [0.15, 0.2) is 0 Å². The van der Waals surface area contributed by atoms with Crippen molar-refractivity contribution in [3.63, 3.8) is 0 Å². The standard InChI is InChI=1S/C12H13Cl2NO4S/c13-8-2-3-9(14)10(6-8)20(18,19)15-7-12(11(16)17)4-1-5-12/h2-3,6,15H,1,4-5,7H2,(H,16,17). The predicted molar refractivity (Wildman–Crippen MR) is 75.6 cm³/mol. The lowest BCUT2D eigenvalue weighted by atomic mass is 9.69. The molecule has 0 bridgehead atoms. The molecular weight excluding hydrogens is 325 g/mol. The summed E-state index contributed by atoms with van der Waals surface area (Å²) in [6, 6.07) is 4.10. The average Bonchev–Trinajstić information content (AvgIpc) is 2.30. The van der Waals surface area contributed by atoms with E-state index >= 15 is 0 Å². The van der Waals surface area contributed by atoms with Gasteiger partial charge in [0.1, 0.15) is 4.90 Å². The van der Waals surface area contributed by atoms with Gasteiger partial charge in [0.25, 0.3) is 0 Å². The van der Waals surface area contributed by atoms with Crippen LogP contribution in [0.25, 0.3) is 0 Å². The summed E-state index contributed by atoms with van der Waals surface area (Å²) in [4.78, 5) is 11.0. The molecule has 1 aliphatic carbocycles. The summed E-state index contributed by atoms with van der Waals surface area (Å²) in [5.74, 6) is -0.983. The molecule has 5 nitrogen and oxygen atoms in total. The number of aliphatic carboxylic acids is 1. The molecule has 0 spiro atoms. The van der Waals surface area contributed by atoms with Gasteiger partial charge in [-0.3, -0.25) is 4.79 Å². The van der Waals surface area contributed by atoms with E-state index < -0.39 is 21.4 Å². The van der Waals surface area contributed by atoms with E-state index in [-0.39, 0.29) is 21.5 Å². The Kier molecular flexibility index (Phi) is 4.30. The molecule has 0 atom stereocenters. The van der Waals surface area contributed by atoms with Gasteiger partial charge in [-0.15, -0.1) is 0 Å². The van der Waals surface area contributed by atoms with Crippen molar-refractivity contribution >= 4 is 39.2 Å². The topological polar surface area (TPSA) is 83.5 Å². The number of sulfonamides is 1. The van der Waals surface area contributed by atoms with Crippen LogP contribution in [0.2, 0.25) is 10.0 Å². The van der Waals surface area contributed by atoms with Gasteiger partial charge in [-0.25, -0.2) is 13.1 Å². The normalized spacial score (nSPS) is 17.5. The lowest BCUT2D eigenvalue weighted by Crippen LogP contribution is -2.47. The van der Waals surface area contributed by atoms with E-state index in [0.717, 1.165) is 6.42 Å². The maximum Gasteiger partial charge on any atom is 0.310 e. The van der Waals surface area contributed by atoms with Gasteiger partial charge in [0.05, 0.1) is 10.4 Å².